The van der Waals surface area contributed by atoms with Crippen molar-refractivity contribution in [2.24, 2.45) is 0 Å². The van der Waals surface area contributed by atoms with Gasteiger partial charge in [-0.1, -0.05) is 36.4 Å². The van der Waals surface area contributed by atoms with Crippen LogP contribution in [0.1, 0.15) is 18.1 Å². The number of nitrogens with one attached hydrogen (secondary N) is 1. The first kappa shape index (κ1) is 26.4. The average molecular weight is 534 g/mol. The van der Waals surface area contributed by atoms with E-state index in [0.29, 0.717) is 34.9 Å². The number of anilines is 1. The van der Waals surface area contributed by atoms with Crippen molar-refractivity contribution in [2.75, 3.05) is 18.5 Å². The zero-order valence-corrected chi connectivity index (χ0v) is 21.1. The second-order valence-electron chi connectivity index (χ2n) is 8.03. The second kappa shape index (κ2) is 12.1. The molecule has 1 heterocycles. The number of nitro groups is 1. The number of ether oxygens (including phenoxy) is 2. The fraction of sp³-hybridized carbons (Fsp3) is 0.148. The summed E-state index contributed by atoms with van der Waals surface area (Å²) < 4.78 is 11.3. The largest absolute Gasteiger partial charge is 0.490 e. The molecule has 4 rings (SSSR count). The molecule has 0 saturated carbocycles. The van der Waals surface area contributed by atoms with E-state index in [0.717, 1.165) is 16.7 Å². The molecular formula is C27H23N3O7S. The smallest absolute Gasteiger partial charge is 0.293 e. The Morgan fingerprint density at radius 3 is 2.45 bits per heavy atom. The van der Waals surface area contributed by atoms with Gasteiger partial charge in [-0.2, -0.15) is 0 Å². The summed E-state index contributed by atoms with van der Waals surface area (Å²) >= 11 is 0.808. The molecule has 0 atom stereocenters. The van der Waals surface area contributed by atoms with Crippen molar-refractivity contribution in [3.63, 3.8) is 0 Å². The van der Waals surface area contributed by atoms with Gasteiger partial charge in [0.1, 0.15) is 0 Å². The summed E-state index contributed by atoms with van der Waals surface area (Å²) in [6.45, 7) is 1.93. The molecule has 1 N–H and O–H groups in total. The van der Waals surface area contributed by atoms with Crippen molar-refractivity contribution in [3.05, 3.63) is 98.9 Å². The average Bonchev–Trinajstić information content (AvgIpc) is 3.16. The molecule has 0 bridgehead atoms. The Labute approximate surface area is 222 Å². The van der Waals surface area contributed by atoms with E-state index < -0.39 is 16.1 Å². The van der Waals surface area contributed by atoms with Crippen LogP contribution in [0.25, 0.3) is 6.08 Å². The molecule has 38 heavy (non-hydrogen) atoms. The maximum atomic E-state index is 12.9. The number of hydrogen-bond acceptors (Lipinski definition) is 8. The molecule has 3 aromatic rings. The molecule has 1 aliphatic rings. The van der Waals surface area contributed by atoms with Crippen molar-refractivity contribution < 1.29 is 28.8 Å². The molecule has 194 valence electrons. The van der Waals surface area contributed by atoms with Gasteiger partial charge in [0.2, 0.25) is 0 Å². The van der Waals surface area contributed by atoms with Crippen LogP contribution in [0.4, 0.5) is 16.2 Å². The van der Waals surface area contributed by atoms with Gasteiger partial charge in [-0.25, -0.2) is 0 Å². The predicted octanol–water partition coefficient (Wildman–Crippen LogP) is 5.25. The molecule has 1 fully saturated rings. The summed E-state index contributed by atoms with van der Waals surface area (Å²) in [4.78, 5) is 49.3. The fourth-order valence-corrected chi connectivity index (χ4v) is 4.40. The number of thioether (sulfide) groups is 1. The molecule has 3 amide bonds. The molecule has 1 saturated heterocycles. The molecule has 10 nitrogen and oxygen atoms in total. The monoisotopic (exact) mass is 533 g/mol. The number of carbonyl (C=O) groups is 3. The van der Waals surface area contributed by atoms with Crippen LogP contribution in [0.5, 0.6) is 11.5 Å². The quantitative estimate of drug-likeness (QED) is 0.213. The Balaban J connectivity index is 1.44. The molecule has 0 aromatic heterocycles. The van der Waals surface area contributed by atoms with E-state index >= 15 is 0 Å². The highest BCUT2D eigenvalue weighted by Crippen LogP contribution is 2.35. The van der Waals surface area contributed by atoms with Gasteiger partial charge in [0.25, 0.3) is 22.7 Å². The Morgan fingerprint density at radius 2 is 1.76 bits per heavy atom. The minimum absolute atomic E-state index is 0.00200. The Morgan fingerprint density at radius 1 is 1.03 bits per heavy atom. The topological polar surface area (TPSA) is 128 Å². The van der Waals surface area contributed by atoms with E-state index in [1.165, 1.54) is 24.3 Å². The van der Waals surface area contributed by atoms with Gasteiger partial charge in [-0.15, -0.1) is 0 Å². The van der Waals surface area contributed by atoms with Crippen LogP contribution in [0, 0.1) is 10.1 Å². The zero-order valence-electron chi connectivity index (χ0n) is 20.3. The van der Waals surface area contributed by atoms with E-state index in [1.807, 2.05) is 25.1 Å². The third-order valence-electron chi connectivity index (χ3n) is 5.34. The van der Waals surface area contributed by atoms with Crippen molar-refractivity contribution >= 4 is 46.3 Å². The van der Waals surface area contributed by atoms with Crippen LogP contribution < -0.4 is 14.8 Å². The number of carbonyl (C=O) groups excluding carboxylic acids is 3. The lowest BCUT2D eigenvalue weighted by molar-refractivity contribution is -0.384. The molecule has 1 aliphatic heterocycles. The summed E-state index contributed by atoms with van der Waals surface area (Å²) in [7, 11) is 0. The van der Waals surface area contributed by atoms with Gasteiger partial charge in [-0.05, 0) is 60.2 Å². The van der Waals surface area contributed by atoms with E-state index in [-0.39, 0.29) is 29.7 Å². The van der Waals surface area contributed by atoms with Gasteiger partial charge in [0, 0.05) is 17.8 Å². The van der Waals surface area contributed by atoms with Gasteiger partial charge < -0.3 is 14.8 Å². The van der Waals surface area contributed by atoms with Crippen LogP contribution in [-0.4, -0.2) is 40.1 Å². The van der Waals surface area contributed by atoms with Crippen LogP contribution >= 0.6 is 11.8 Å². The highest BCUT2D eigenvalue weighted by molar-refractivity contribution is 8.18. The summed E-state index contributed by atoms with van der Waals surface area (Å²) in [6.07, 6.45) is 1.58. The number of imide groups is 1. The lowest BCUT2D eigenvalue weighted by Crippen LogP contribution is -2.27. The summed E-state index contributed by atoms with van der Waals surface area (Å²) in [6, 6.07) is 19.7. The molecule has 0 radical (unpaired) electrons. The SMILES string of the molecule is CCOc1cc(/C=C2\SC(=O)N(Cc3ccc([N+](=O)[O-])cc3)C2=O)ccc1OCC(=O)Nc1ccccc1. The standard InChI is InChI=1S/C27H23N3O7S/c1-2-36-23-14-19(10-13-22(23)37-17-25(31)28-20-6-4-3-5-7-20)15-24-26(32)29(27(33)38-24)16-18-8-11-21(12-9-18)30(34)35/h3-15H,2,16-17H2,1H3,(H,28,31)/b24-15-. The number of nitrogens with zero attached hydrogens (tertiary/aromatic N) is 2. The predicted molar refractivity (Wildman–Crippen MR) is 143 cm³/mol. The Hall–Kier alpha value is -4.64. The summed E-state index contributed by atoms with van der Waals surface area (Å²) in [5.41, 5.74) is 1.78. The number of para-hydroxylation sites is 1. The van der Waals surface area contributed by atoms with Crippen molar-refractivity contribution in [1.29, 1.82) is 0 Å². The first-order valence-corrected chi connectivity index (χ1v) is 12.4. The van der Waals surface area contributed by atoms with Gasteiger partial charge in [-0.3, -0.25) is 29.4 Å². The highest BCUT2D eigenvalue weighted by Gasteiger charge is 2.35. The lowest BCUT2D eigenvalue weighted by Gasteiger charge is -2.13. The number of nitro benzene ring substituents is 1. The maximum absolute atomic E-state index is 12.9. The fourth-order valence-electron chi connectivity index (χ4n) is 3.56. The molecule has 0 spiro atoms. The minimum atomic E-state index is -0.515. The second-order valence-corrected chi connectivity index (χ2v) is 9.03. The Kier molecular flexibility index (Phi) is 8.39. The molecule has 3 aromatic carbocycles. The maximum Gasteiger partial charge on any atom is 0.293 e. The number of benzene rings is 3. The van der Waals surface area contributed by atoms with Gasteiger partial charge in [0.05, 0.1) is 23.0 Å². The molecule has 0 aliphatic carbocycles. The third kappa shape index (κ3) is 6.56. The zero-order chi connectivity index (χ0) is 27.1. The van der Waals surface area contributed by atoms with Crippen LogP contribution in [0.2, 0.25) is 0 Å². The highest BCUT2D eigenvalue weighted by atomic mass is 32.2. The Bertz CT molecular complexity index is 1390. The number of amides is 3. The molecular weight excluding hydrogens is 510 g/mol. The van der Waals surface area contributed by atoms with E-state index in [2.05, 4.69) is 5.32 Å². The lowest BCUT2D eigenvalue weighted by atomic mass is 10.1. The molecule has 0 unspecified atom stereocenters. The summed E-state index contributed by atoms with van der Waals surface area (Å²) in [5, 5.41) is 13.1. The van der Waals surface area contributed by atoms with Crippen molar-refractivity contribution in [1.82, 2.24) is 4.90 Å². The van der Waals surface area contributed by atoms with Gasteiger partial charge in [0.15, 0.2) is 18.1 Å². The van der Waals surface area contributed by atoms with Crippen LogP contribution in [-0.2, 0) is 16.1 Å². The van der Waals surface area contributed by atoms with Crippen molar-refractivity contribution in [3.8, 4) is 11.5 Å². The van der Waals surface area contributed by atoms with Crippen molar-refractivity contribution in [2.45, 2.75) is 13.5 Å². The number of hydrogen-bond donors (Lipinski definition) is 1. The normalized spacial score (nSPS) is 14.0. The van der Waals surface area contributed by atoms with E-state index in [1.54, 1.807) is 36.4 Å². The first-order valence-electron chi connectivity index (χ1n) is 11.6. The molecule has 11 heteroatoms. The summed E-state index contributed by atoms with van der Waals surface area (Å²) in [5.74, 6) is -0.0454. The third-order valence-corrected chi connectivity index (χ3v) is 6.25. The van der Waals surface area contributed by atoms with Gasteiger partial charge >= 0.3 is 0 Å². The van der Waals surface area contributed by atoms with E-state index in [9.17, 15) is 24.5 Å². The number of rotatable bonds is 10. The van der Waals surface area contributed by atoms with E-state index in [4.69, 9.17) is 9.47 Å². The first-order chi connectivity index (χ1) is 18.3. The van der Waals surface area contributed by atoms with Crippen LogP contribution in [0.15, 0.2) is 77.7 Å². The minimum Gasteiger partial charge on any atom is -0.490 e. The van der Waals surface area contributed by atoms with Crippen LogP contribution in [0.3, 0.4) is 0 Å². The number of non-ortho nitro benzene ring substituents is 1.